The lowest BCUT2D eigenvalue weighted by atomic mass is 9.85. The predicted molar refractivity (Wildman–Crippen MR) is 142 cm³/mol. The quantitative estimate of drug-likeness (QED) is 0.286. The maximum Gasteiger partial charge on any atom is 0.254 e. The van der Waals surface area contributed by atoms with Gasteiger partial charge in [0.15, 0.2) is 0 Å². The zero-order valence-corrected chi connectivity index (χ0v) is 21.5. The monoisotopic (exact) mass is 454 g/mol. The van der Waals surface area contributed by atoms with E-state index in [1.807, 2.05) is 11.0 Å². The van der Waals surface area contributed by atoms with Gasteiger partial charge in [-0.25, -0.2) is 0 Å². The summed E-state index contributed by atoms with van der Waals surface area (Å²) < 4.78 is 0. The summed E-state index contributed by atoms with van der Waals surface area (Å²) in [6.07, 6.45) is 25.1. The molecule has 186 valence electrons. The summed E-state index contributed by atoms with van der Waals surface area (Å²) in [5.41, 5.74) is 3.11. The minimum absolute atomic E-state index is 0.211. The Kier molecular flexibility index (Phi) is 12.2. The van der Waals surface area contributed by atoms with Gasteiger partial charge in [-0.1, -0.05) is 89.9 Å². The number of unbranched alkanes of at least 4 members (excludes halogenated alkanes) is 8. The molecule has 3 nitrogen and oxygen atoms in total. The summed E-state index contributed by atoms with van der Waals surface area (Å²) in [5.74, 6) is 1.28. The average molecular weight is 455 g/mol. The smallest absolute Gasteiger partial charge is 0.254 e. The third-order valence-corrected chi connectivity index (χ3v) is 7.94. The van der Waals surface area contributed by atoms with E-state index < -0.39 is 0 Å². The van der Waals surface area contributed by atoms with E-state index in [9.17, 15) is 4.79 Å². The Morgan fingerprint density at radius 1 is 0.818 bits per heavy atom. The summed E-state index contributed by atoms with van der Waals surface area (Å²) in [6, 6.07) is 6.24. The Balaban J connectivity index is 1.17. The lowest BCUT2D eigenvalue weighted by Gasteiger charge is -2.27. The van der Waals surface area contributed by atoms with Gasteiger partial charge in [-0.2, -0.15) is 0 Å². The summed E-state index contributed by atoms with van der Waals surface area (Å²) in [5, 5.41) is 3.56. The second-order valence-electron chi connectivity index (χ2n) is 10.8. The number of benzene rings is 1. The molecule has 0 atom stereocenters. The number of carbonyl (C=O) groups excluding carboxylic acids is 1. The lowest BCUT2D eigenvalue weighted by Crippen LogP contribution is -2.35. The summed E-state index contributed by atoms with van der Waals surface area (Å²) in [4.78, 5) is 14.8. The van der Waals surface area contributed by atoms with Crippen molar-refractivity contribution >= 4 is 11.6 Å². The molecule has 0 aromatic heterocycles. The number of likely N-dealkylation sites (tertiary alicyclic amines) is 1. The number of anilines is 1. The third-order valence-electron chi connectivity index (χ3n) is 7.94. The molecule has 2 aliphatic rings. The topological polar surface area (TPSA) is 32.3 Å². The number of nitrogens with zero attached hydrogens (tertiary/aromatic N) is 1. The van der Waals surface area contributed by atoms with Gasteiger partial charge in [-0.05, 0) is 62.3 Å². The van der Waals surface area contributed by atoms with Gasteiger partial charge in [0.1, 0.15) is 0 Å². The van der Waals surface area contributed by atoms with E-state index in [-0.39, 0.29) is 5.91 Å². The molecule has 0 bridgehead atoms. The number of piperidine rings is 1. The van der Waals surface area contributed by atoms with Gasteiger partial charge in [-0.15, -0.1) is 0 Å². The number of aryl methyl sites for hydroxylation is 1. The van der Waals surface area contributed by atoms with Crippen LogP contribution in [-0.2, 0) is 0 Å². The van der Waals surface area contributed by atoms with Crippen molar-refractivity contribution in [3.8, 4) is 0 Å². The van der Waals surface area contributed by atoms with Crippen LogP contribution in [0.25, 0.3) is 0 Å². The van der Waals surface area contributed by atoms with Crippen LogP contribution in [0.15, 0.2) is 18.2 Å². The van der Waals surface area contributed by atoms with E-state index in [0.29, 0.717) is 0 Å². The number of rotatable bonds is 14. The first-order valence-corrected chi connectivity index (χ1v) is 14.4. The highest BCUT2D eigenvalue weighted by Crippen LogP contribution is 2.28. The van der Waals surface area contributed by atoms with Crippen LogP contribution in [0.2, 0.25) is 0 Å². The van der Waals surface area contributed by atoms with Crippen molar-refractivity contribution in [1.29, 1.82) is 0 Å². The second-order valence-corrected chi connectivity index (χ2v) is 10.8. The Morgan fingerprint density at radius 3 is 2.09 bits per heavy atom. The molecule has 3 rings (SSSR count). The van der Waals surface area contributed by atoms with E-state index in [2.05, 4.69) is 24.4 Å². The molecule has 1 heterocycles. The molecule has 3 heteroatoms. The summed E-state index contributed by atoms with van der Waals surface area (Å²) >= 11 is 0. The van der Waals surface area contributed by atoms with Crippen LogP contribution in [0.4, 0.5) is 5.69 Å². The number of hydrogen-bond donors (Lipinski definition) is 1. The first-order valence-electron chi connectivity index (χ1n) is 14.4. The highest BCUT2D eigenvalue weighted by molar-refractivity contribution is 5.96. The number of amides is 1. The molecule has 1 saturated heterocycles. The molecule has 1 aromatic carbocycles. The molecule has 1 aliphatic carbocycles. The Hall–Kier alpha value is -1.51. The fraction of sp³-hybridized carbons (Fsp3) is 0.767. The Bertz CT molecular complexity index is 674. The highest BCUT2D eigenvalue weighted by Gasteiger charge is 2.19. The molecule has 2 fully saturated rings. The van der Waals surface area contributed by atoms with Gasteiger partial charge in [0, 0.05) is 30.9 Å². The minimum Gasteiger partial charge on any atom is -0.385 e. The van der Waals surface area contributed by atoms with Crippen molar-refractivity contribution in [2.24, 2.45) is 5.92 Å². The number of nitrogens with one attached hydrogen (secondary N) is 1. The fourth-order valence-corrected chi connectivity index (χ4v) is 5.78. The molecular formula is C30H50N2O. The van der Waals surface area contributed by atoms with E-state index in [1.165, 1.54) is 103 Å². The molecule has 1 N–H and O–H groups in total. The van der Waals surface area contributed by atoms with Gasteiger partial charge in [0.25, 0.3) is 5.91 Å². The van der Waals surface area contributed by atoms with Gasteiger partial charge in [0.05, 0.1) is 0 Å². The van der Waals surface area contributed by atoms with Gasteiger partial charge in [-0.3, -0.25) is 4.79 Å². The Labute approximate surface area is 204 Å². The van der Waals surface area contributed by atoms with E-state index in [0.717, 1.165) is 55.2 Å². The van der Waals surface area contributed by atoms with Crippen molar-refractivity contribution in [3.63, 3.8) is 0 Å². The zero-order chi connectivity index (χ0) is 23.1. The van der Waals surface area contributed by atoms with Crippen LogP contribution in [0.1, 0.15) is 131 Å². The molecule has 0 unspecified atom stereocenters. The molecule has 33 heavy (non-hydrogen) atoms. The zero-order valence-electron chi connectivity index (χ0n) is 21.5. The van der Waals surface area contributed by atoms with Gasteiger partial charge in [0.2, 0.25) is 0 Å². The van der Waals surface area contributed by atoms with Crippen LogP contribution >= 0.6 is 0 Å². The maximum atomic E-state index is 12.8. The molecule has 1 amide bonds. The van der Waals surface area contributed by atoms with E-state index in [4.69, 9.17) is 0 Å². The van der Waals surface area contributed by atoms with Gasteiger partial charge < -0.3 is 10.2 Å². The molecule has 0 spiro atoms. The normalized spacial score (nSPS) is 17.3. The number of carbonyl (C=O) groups is 1. The number of hydrogen-bond acceptors (Lipinski definition) is 2. The molecule has 1 aromatic rings. The fourth-order valence-electron chi connectivity index (χ4n) is 5.78. The highest BCUT2D eigenvalue weighted by atomic mass is 16.2. The largest absolute Gasteiger partial charge is 0.385 e. The van der Waals surface area contributed by atoms with Crippen LogP contribution in [0.3, 0.4) is 0 Å². The van der Waals surface area contributed by atoms with Crippen LogP contribution in [0, 0.1) is 12.8 Å². The van der Waals surface area contributed by atoms with Crippen LogP contribution in [0.5, 0.6) is 0 Å². The summed E-state index contributed by atoms with van der Waals surface area (Å²) in [6.45, 7) is 4.93. The van der Waals surface area contributed by atoms with Crippen molar-refractivity contribution in [2.75, 3.05) is 25.0 Å². The Morgan fingerprint density at radius 2 is 1.42 bits per heavy atom. The van der Waals surface area contributed by atoms with Crippen molar-refractivity contribution in [1.82, 2.24) is 4.90 Å². The van der Waals surface area contributed by atoms with E-state index >= 15 is 0 Å². The van der Waals surface area contributed by atoms with Gasteiger partial charge >= 0.3 is 0 Å². The van der Waals surface area contributed by atoms with Crippen molar-refractivity contribution < 1.29 is 4.79 Å². The molecule has 0 radical (unpaired) electrons. The predicted octanol–water partition coefficient (Wildman–Crippen LogP) is 8.51. The SMILES string of the molecule is Cc1cc(NCCCCCCCCCCCC2CCCCC2)ccc1C(=O)N1CCCCC1. The third kappa shape index (κ3) is 9.71. The molecule has 1 aliphatic heterocycles. The maximum absolute atomic E-state index is 12.8. The first kappa shape index (κ1) is 26.1. The van der Waals surface area contributed by atoms with Crippen LogP contribution in [-0.4, -0.2) is 30.4 Å². The average Bonchev–Trinajstić information content (AvgIpc) is 2.85. The second kappa shape index (κ2) is 15.4. The minimum atomic E-state index is 0.211. The molecule has 1 saturated carbocycles. The van der Waals surface area contributed by atoms with E-state index in [1.54, 1.807) is 0 Å². The lowest BCUT2D eigenvalue weighted by molar-refractivity contribution is 0.0723. The molecular weight excluding hydrogens is 404 g/mol. The van der Waals surface area contributed by atoms with Crippen molar-refractivity contribution in [3.05, 3.63) is 29.3 Å². The van der Waals surface area contributed by atoms with Crippen LogP contribution < -0.4 is 5.32 Å². The first-order chi connectivity index (χ1) is 16.2. The van der Waals surface area contributed by atoms with Crippen molar-refractivity contribution in [2.45, 2.75) is 122 Å². The standard InChI is InChI=1S/C30H50N2O/c1-26-25-28(20-21-29(26)30(33)32-23-15-10-16-24-32)31-22-14-8-6-4-2-3-5-7-11-17-27-18-12-9-13-19-27/h20-21,25,27,31H,2-19,22-24H2,1H3. The summed E-state index contributed by atoms with van der Waals surface area (Å²) in [7, 11) is 0.